The Bertz CT molecular complexity index is 745. The standard InChI is InChI=1S/C20H25N3O3.HI/c1-3-17(24-10-1)8-9-21-20(22-14-15-4-5-15)23-16-6-7-18-19(13-16)26-12-2-11-25-18;/h1,3,6-7,10,13,15H,2,4-5,8-9,11-12,14H2,(H2,21,22,23);1H. The van der Waals surface area contributed by atoms with Gasteiger partial charge in [0.15, 0.2) is 17.5 Å². The molecule has 6 nitrogen and oxygen atoms in total. The van der Waals surface area contributed by atoms with E-state index >= 15 is 0 Å². The molecule has 0 amide bonds. The van der Waals surface area contributed by atoms with Crippen LogP contribution in [0, 0.1) is 5.92 Å². The van der Waals surface area contributed by atoms with E-state index in [9.17, 15) is 0 Å². The van der Waals surface area contributed by atoms with Crippen LogP contribution in [0.2, 0.25) is 0 Å². The third kappa shape index (κ3) is 6.05. The molecule has 0 radical (unpaired) electrons. The van der Waals surface area contributed by atoms with Gasteiger partial charge in [-0.1, -0.05) is 0 Å². The number of fused-ring (bicyclic) bond motifs is 1. The molecule has 0 atom stereocenters. The molecule has 1 aliphatic heterocycles. The normalized spacial score (nSPS) is 16.2. The molecule has 0 saturated heterocycles. The molecule has 27 heavy (non-hydrogen) atoms. The number of aliphatic imine (C=N–C) groups is 1. The van der Waals surface area contributed by atoms with Crippen LogP contribution in [0.5, 0.6) is 11.5 Å². The number of ether oxygens (including phenoxy) is 2. The maximum atomic E-state index is 5.77. The molecule has 146 valence electrons. The summed E-state index contributed by atoms with van der Waals surface area (Å²) < 4.78 is 16.8. The van der Waals surface area contributed by atoms with Crippen molar-refractivity contribution in [3.8, 4) is 11.5 Å². The zero-order chi connectivity index (χ0) is 17.6. The Morgan fingerprint density at radius 2 is 1.96 bits per heavy atom. The minimum Gasteiger partial charge on any atom is -0.490 e. The van der Waals surface area contributed by atoms with Crippen LogP contribution in [0.1, 0.15) is 25.0 Å². The lowest BCUT2D eigenvalue weighted by molar-refractivity contribution is 0.297. The number of nitrogens with zero attached hydrogens (tertiary/aromatic N) is 1. The summed E-state index contributed by atoms with van der Waals surface area (Å²) in [6.45, 7) is 3.00. The van der Waals surface area contributed by atoms with Crippen molar-refractivity contribution in [3.05, 3.63) is 42.4 Å². The first-order chi connectivity index (χ1) is 12.9. The highest BCUT2D eigenvalue weighted by Gasteiger charge is 2.20. The van der Waals surface area contributed by atoms with E-state index in [1.165, 1.54) is 12.8 Å². The van der Waals surface area contributed by atoms with Crippen molar-refractivity contribution < 1.29 is 13.9 Å². The Morgan fingerprint density at radius 3 is 2.74 bits per heavy atom. The second-order valence-corrected chi connectivity index (χ2v) is 6.73. The van der Waals surface area contributed by atoms with Gasteiger partial charge in [0.05, 0.1) is 19.5 Å². The Morgan fingerprint density at radius 1 is 1.11 bits per heavy atom. The quantitative estimate of drug-likeness (QED) is 0.369. The molecule has 2 aromatic rings. The summed E-state index contributed by atoms with van der Waals surface area (Å²) in [5.74, 6) is 4.08. The average Bonchev–Trinajstić information content (AvgIpc) is 3.39. The van der Waals surface area contributed by atoms with E-state index in [-0.39, 0.29) is 24.0 Å². The van der Waals surface area contributed by atoms with Gasteiger partial charge in [0, 0.05) is 37.7 Å². The van der Waals surface area contributed by atoms with Crippen molar-refractivity contribution in [3.63, 3.8) is 0 Å². The van der Waals surface area contributed by atoms with Gasteiger partial charge in [-0.15, -0.1) is 24.0 Å². The maximum absolute atomic E-state index is 5.77. The molecule has 1 saturated carbocycles. The molecule has 0 spiro atoms. The lowest BCUT2D eigenvalue weighted by atomic mass is 10.2. The largest absolute Gasteiger partial charge is 0.490 e. The van der Waals surface area contributed by atoms with Crippen LogP contribution in [0.3, 0.4) is 0 Å². The first-order valence-electron chi connectivity index (χ1n) is 9.34. The molecule has 1 aromatic heterocycles. The SMILES string of the molecule is I.c1coc(CCNC(=NCC2CC2)Nc2ccc3c(c2)OCCCO3)c1. The highest BCUT2D eigenvalue weighted by molar-refractivity contribution is 14.0. The van der Waals surface area contributed by atoms with Crippen LogP contribution in [0.15, 0.2) is 46.0 Å². The van der Waals surface area contributed by atoms with Crippen molar-refractivity contribution in [1.82, 2.24) is 5.32 Å². The molecule has 0 bridgehead atoms. The van der Waals surface area contributed by atoms with Gasteiger partial charge in [0.25, 0.3) is 0 Å². The van der Waals surface area contributed by atoms with Gasteiger partial charge in [-0.2, -0.15) is 0 Å². The summed E-state index contributed by atoms with van der Waals surface area (Å²) in [6.07, 6.45) is 5.99. The number of hydrogen-bond donors (Lipinski definition) is 2. The average molecular weight is 483 g/mol. The van der Waals surface area contributed by atoms with Gasteiger partial charge < -0.3 is 24.5 Å². The van der Waals surface area contributed by atoms with E-state index in [1.807, 2.05) is 30.3 Å². The minimum absolute atomic E-state index is 0. The van der Waals surface area contributed by atoms with Gasteiger partial charge in [0.1, 0.15) is 5.76 Å². The zero-order valence-electron chi connectivity index (χ0n) is 15.3. The van der Waals surface area contributed by atoms with Crippen molar-refractivity contribution >= 4 is 35.6 Å². The first-order valence-corrected chi connectivity index (χ1v) is 9.34. The smallest absolute Gasteiger partial charge is 0.195 e. The number of halogens is 1. The number of benzene rings is 1. The van der Waals surface area contributed by atoms with Gasteiger partial charge in [-0.05, 0) is 43.0 Å². The van der Waals surface area contributed by atoms with E-state index in [4.69, 9.17) is 18.9 Å². The molecule has 4 rings (SSSR count). The van der Waals surface area contributed by atoms with Crippen LogP contribution < -0.4 is 20.1 Å². The van der Waals surface area contributed by atoms with E-state index in [1.54, 1.807) is 6.26 Å². The summed E-state index contributed by atoms with van der Waals surface area (Å²) in [6, 6.07) is 9.81. The van der Waals surface area contributed by atoms with Gasteiger partial charge in [0.2, 0.25) is 0 Å². The van der Waals surface area contributed by atoms with Gasteiger partial charge in [-0.25, -0.2) is 0 Å². The minimum atomic E-state index is 0. The van der Waals surface area contributed by atoms with Gasteiger partial charge >= 0.3 is 0 Å². The van der Waals surface area contributed by atoms with Crippen LogP contribution >= 0.6 is 24.0 Å². The topological polar surface area (TPSA) is 68.0 Å². The third-order valence-electron chi connectivity index (χ3n) is 4.46. The van der Waals surface area contributed by atoms with Crippen LogP contribution in [-0.2, 0) is 6.42 Å². The van der Waals surface area contributed by atoms with Crippen molar-refractivity contribution in [2.24, 2.45) is 10.9 Å². The van der Waals surface area contributed by atoms with E-state index in [0.29, 0.717) is 13.2 Å². The number of nitrogens with one attached hydrogen (secondary N) is 2. The molecule has 2 aliphatic rings. The zero-order valence-corrected chi connectivity index (χ0v) is 17.6. The highest BCUT2D eigenvalue weighted by Crippen LogP contribution is 2.32. The second kappa shape index (κ2) is 9.87. The lowest BCUT2D eigenvalue weighted by Gasteiger charge is -2.14. The Hall–Kier alpha value is -1.90. The Kier molecular flexibility index (Phi) is 7.25. The number of guanidine groups is 1. The number of furan rings is 1. The molecule has 7 heteroatoms. The Balaban J connectivity index is 0.00000210. The number of anilines is 1. The molecule has 2 N–H and O–H groups in total. The molecule has 1 aliphatic carbocycles. The predicted molar refractivity (Wildman–Crippen MR) is 117 cm³/mol. The lowest BCUT2D eigenvalue weighted by Crippen LogP contribution is -2.32. The molecule has 1 fully saturated rings. The molecular weight excluding hydrogens is 457 g/mol. The summed E-state index contributed by atoms with van der Waals surface area (Å²) in [5, 5.41) is 6.77. The van der Waals surface area contributed by atoms with E-state index < -0.39 is 0 Å². The fraction of sp³-hybridized carbons (Fsp3) is 0.450. The fourth-order valence-electron chi connectivity index (χ4n) is 2.80. The van der Waals surface area contributed by atoms with E-state index in [2.05, 4.69) is 10.6 Å². The summed E-state index contributed by atoms with van der Waals surface area (Å²) >= 11 is 0. The van der Waals surface area contributed by atoms with Crippen molar-refractivity contribution in [2.45, 2.75) is 25.7 Å². The van der Waals surface area contributed by atoms with Gasteiger partial charge in [-0.3, -0.25) is 4.99 Å². The van der Waals surface area contributed by atoms with Crippen LogP contribution in [0.25, 0.3) is 0 Å². The number of rotatable bonds is 6. The molecule has 1 aromatic carbocycles. The summed E-state index contributed by atoms with van der Waals surface area (Å²) in [5.41, 5.74) is 0.939. The molecule has 0 unspecified atom stereocenters. The van der Waals surface area contributed by atoms with Crippen LogP contribution in [0.4, 0.5) is 5.69 Å². The first kappa shape index (κ1) is 19.9. The summed E-state index contributed by atoms with van der Waals surface area (Å²) in [7, 11) is 0. The second-order valence-electron chi connectivity index (χ2n) is 6.73. The third-order valence-corrected chi connectivity index (χ3v) is 4.46. The maximum Gasteiger partial charge on any atom is 0.195 e. The molecular formula is C20H26IN3O3. The summed E-state index contributed by atoms with van der Waals surface area (Å²) in [4.78, 5) is 4.72. The van der Waals surface area contributed by atoms with E-state index in [0.717, 1.165) is 60.8 Å². The molecule has 2 heterocycles. The Labute approximate surface area is 176 Å². The highest BCUT2D eigenvalue weighted by atomic mass is 127. The van der Waals surface area contributed by atoms with Crippen molar-refractivity contribution in [2.75, 3.05) is 31.6 Å². The number of hydrogen-bond acceptors (Lipinski definition) is 4. The van der Waals surface area contributed by atoms with Crippen LogP contribution in [-0.4, -0.2) is 32.3 Å². The van der Waals surface area contributed by atoms with Crippen molar-refractivity contribution in [1.29, 1.82) is 0 Å². The monoisotopic (exact) mass is 483 g/mol. The fourth-order valence-corrected chi connectivity index (χ4v) is 2.80. The predicted octanol–water partition coefficient (Wildman–Crippen LogP) is 4.07.